The molecule has 0 spiro atoms. The van der Waals surface area contributed by atoms with Crippen molar-refractivity contribution < 1.29 is 19.2 Å². The summed E-state index contributed by atoms with van der Waals surface area (Å²) >= 11 is 1.62. The molecule has 0 aliphatic heterocycles. The van der Waals surface area contributed by atoms with E-state index in [0.29, 0.717) is 5.56 Å². The summed E-state index contributed by atoms with van der Waals surface area (Å²) in [5.41, 5.74) is 1.28. The number of ketones is 1. The molecule has 26 heavy (non-hydrogen) atoms. The highest BCUT2D eigenvalue weighted by Crippen LogP contribution is 2.19. The van der Waals surface area contributed by atoms with Gasteiger partial charge in [-0.1, -0.05) is 24.3 Å². The Labute approximate surface area is 155 Å². The van der Waals surface area contributed by atoms with E-state index in [0.717, 1.165) is 10.5 Å². The fourth-order valence-electron chi connectivity index (χ4n) is 2.13. The van der Waals surface area contributed by atoms with Crippen molar-refractivity contribution in [1.82, 2.24) is 0 Å². The summed E-state index contributed by atoms with van der Waals surface area (Å²) in [4.78, 5) is 35.3. The lowest BCUT2D eigenvalue weighted by Crippen LogP contribution is -2.13. The summed E-state index contributed by atoms with van der Waals surface area (Å²) in [7, 11) is 0. The Balaban J connectivity index is 1.94. The SMILES string of the molecule is CSc1ccc(/C=C/C(=O)OCC(=O)c2ccc(C)c([N+](=O)[O-])c2)cc1. The number of nitro benzene ring substituents is 1. The van der Waals surface area contributed by atoms with Crippen molar-refractivity contribution in [2.45, 2.75) is 11.8 Å². The van der Waals surface area contributed by atoms with Crippen LogP contribution in [0, 0.1) is 17.0 Å². The van der Waals surface area contributed by atoms with Crippen LogP contribution in [0.5, 0.6) is 0 Å². The van der Waals surface area contributed by atoms with Gasteiger partial charge < -0.3 is 4.74 Å². The van der Waals surface area contributed by atoms with Crippen LogP contribution in [-0.4, -0.2) is 29.5 Å². The minimum Gasteiger partial charge on any atom is -0.454 e. The van der Waals surface area contributed by atoms with Crippen molar-refractivity contribution in [2.24, 2.45) is 0 Å². The van der Waals surface area contributed by atoms with E-state index in [1.165, 1.54) is 24.3 Å². The van der Waals surface area contributed by atoms with Crippen molar-refractivity contribution in [1.29, 1.82) is 0 Å². The molecular formula is C19H17NO5S. The van der Waals surface area contributed by atoms with Gasteiger partial charge in [0.1, 0.15) is 0 Å². The van der Waals surface area contributed by atoms with Crippen LogP contribution in [0.4, 0.5) is 5.69 Å². The first-order valence-electron chi connectivity index (χ1n) is 7.68. The number of hydrogen-bond donors (Lipinski definition) is 0. The number of benzene rings is 2. The number of carbonyl (C=O) groups is 2. The van der Waals surface area contributed by atoms with E-state index in [-0.39, 0.29) is 11.3 Å². The number of esters is 1. The van der Waals surface area contributed by atoms with E-state index in [9.17, 15) is 19.7 Å². The molecule has 0 amide bonds. The molecule has 2 rings (SSSR count). The zero-order valence-corrected chi connectivity index (χ0v) is 15.1. The molecule has 0 saturated heterocycles. The van der Waals surface area contributed by atoms with Gasteiger partial charge in [0.15, 0.2) is 6.61 Å². The highest BCUT2D eigenvalue weighted by atomic mass is 32.2. The Hall–Kier alpha value is -2.93. The molecule has 7 heteroatoms. The maximum atomic E-state index is 12.1. The van der Waals surface area contributed by atoms with Gasteiger partial charge in [-0.25, -0.2) is 4.79 Å². The summed E-state index contributed by atoms with van der Waals surface area (Å²) < 4.78 is 4.91. The van der Waals surface area contributed by atoms with Crippen molar-refractivity contribution in [3.63, 3.8) is 0 Å². The highest BCUT2D eigenvalue weighted by molar-refractivity contribution is 7.98. The second kappa shape index (κ2) is 8.96. The monoisotopic (exact) mass is 371 g/mol. The van der Waals surface area contributed by atoms with E-state index in [1.807, 2.05) is 30.5 Å². The third-order valence-corrected chi connectivity index (χ3v) is 4.34. The number of aryl methyl sites for hydroxylation is 1. The number of rotatable bonds is 7. The lowest BCUT2D eigenvalue weighted by atomic mass is 10.1. The number of hydrogen-bond acceptors (Lipinski definition) is 6. The smallest absolute Gasteiger partial charge is 0.331 e. The minimum atomic E-state index is -0.658. The lowest BCUT2D eigenvalue weighted by Gasteiger charge is -2.03. The van der Waals surface area contributed by atoms with Gasteiger partial charge in [0.25, 0.3) is 5.69 Å². The molecular weight excluding hydrogens is 354 g/mol. The first-order valence-corrected chi connectivity index (χ1v) is 8.90. The topological polar surface area (TPSA) is 86.5 Å². The van der Waals surface area contributed by atoms with Crippen LogP contribution in [0.2, 0.25) is 0 Å². The fraction of sp³-hybridized carbons (Fsp3) is 0.158. The molecule has 0 aliphatic carbocycles. The second-order valence-corrected chi connectivity index (χ2v) is 6.28. The van der Waals surface area contributed by atoms with Gasteiger partial charge in [-0.2, -0.15) is 0 Å². The molecule has 0 heterocycles. The number of ether oxygens (including phenoxy) is 1. The van der Waals surface area contributed by atoms with Gasteiger partial charge in [0.2, 0.25) is 5.78 Å². The molecule has 2 aromatic carbocycles. The van der Waals surface area contributed by atoms with E-state index < -0.39 is 23.3 Å². The standard InChI is InChI=1S/C19H17NO5S/c1-13-3-7-15(11-17(13)20(23)24)18(21)12-25-19(22)10-6-14-4-8-16(26-2)9-5-14/h3-11H,12H2,1-2H3/b10-6+. The molecule has 0 saturated carbocycles. The van der Waals surface area contributed by atoms with Crippen LogP contribution in [0.25, 0.3) is 6.08 Å². The zero-order chi connectivity index (χ0) is 19.1. The Morgan fingerprint density at radius 3 is 2.50 bits per heavy atom. The van der Waals surface area contributed by atoms with Crippen LogP contribution in [0.1, 0.15) is 21.5 Å². The first-order chi connectivity index (χ1) is 12.4. The minimum absolute atomic E-state index is 0.131. The number of nitro groups is 1. The number of Topliss-reactive ketones (excluding diaryl/α,β-unsaturated/α-hetero) is 1. The summed E-state index contributed by atoms with van der Waals surface area (Å²) in [5.74, 6) is -1.16. The van der Waals surface area contributed by atoms with E-state index in [4.69, 9.17) is 4.74 Å². The van der Waals surface area contributed by atoms with Gasteiger partial charge in [0, 0.05) is 28.2 Å². The fourth-order valence-corrected chi connectivity index (χ4v) is 2.54. The molecule has 0 atom stereocenters. The zero-order valence-electron chi connectivity index (χ0n) is 14.3. The van der Waals surface area contributed by atoms with E-state index in [2.05, 4.69) is 0 Å². The molecule has 6 nitrogen and oxygen atoms in total. The quantitative estimate of drug-likeness (QED) is 0.182. The molecule has 0 radical (unpaired) electrons. The predicted octanol–water partition coefficient (Wildman–Crippen LogP) is 4.06. The third kappa shape index (κ3) is 5.29. The number of nitrogens with zero attached hydrogens (tertiary/aromatic N) is 1. The molecule has 0 fully saturated rings. The predicted molar refractivity (Wildman–Crippen MR) is 100 cm³/mol. The van der Waals surface area contributed by atoms with Crippen molar-refractivity contribution in [2.75, 3.05) is 12.9 Å². The molecule has 0 aliphatic rings. The Morgan fingerprint density at radius 1 is 1.19 bits per heavy atom. The van der Waals surface area contributed by atoms with Crippen LogP contribution >= 0.6 is 11.8 Å². The first kappa shape index (κ1) is 19.4. The van der Waals surface area contributed by atoms with Gasteiger partial charge >= 0.3 is 5.97 Å². The summed E-state index contributed by atoms with van der Waals surface area (Å²) in [6.07, 6.45) is 4.80. The average molecular weight is 371 g/mol. The molecule has 0 bridgehead atoms. The van der Waals surface area contributed by atoms with Crippen molar-refractivity contribution >= 4 is 35.3 Å². The number of carbonyl (C=O) groups excluding carboxylic acids is 2. The van der Waals surface area contributed by atoms with Gasteiger partial charge in [-0.3, -0.25) is 14.9 Å². The van der Waals surface area contributed by atoms with Crippen LogP contribution in [0.15, 0.2) is 53.4 Å². The maximum absolute atomic E-state index is 12.1. The molecule has 134 valence electrons. The molecule has 0 unspecified atom stereocenters. The van der Waals surface area contributed by atoms with Crippen LogP contribution in [0.3, 0.4) is 0 Å². The van der Waals surface area contributed by atoms with E-state index >= 15 is 0 Å². The van der Waals surface area contributed by atoms with Gasteiger partial charge in [-0.05, 0) is 37.0 Å². The average Bonchev–Trinajstić information content (AvgIpc) is 2.64. The van der Waals surface area contributed by atoms with E-state index in [1.54, 1.807) is 24.8 Å². The maximum Gasteiger partial charge on any atom is 0.331 e. The van der Waals surface area contributed by atoms with Crippen LogP contribution in [-0.2, 0) is 9.53 Å². The third-order valence-electron chi connectivity index (χ3n) is 3.60. The normalized spacial score (nSPS) is 10.7. The highest BCUT2D eigenvalue weighted by Gasteiger charge is 2.15. The largest absolute Gasteiger partial charge is 0.454 e. The van der Waals surface area contributed by atoms with Gasteiger partial charge in [0.05, 0.1) is 4.92 Å². The van der Waals surface area contributed by atoms with Gasteiger partial charge in [-0.15, -0.1) is 11.8 Å². The molecule has 0 N–H and O–H groups in total. The van der Waals surface area contributed by atoms with Crippen molar-refractivity contribution in [3.8, 4) is 0 Å². The lowest BCUT2D eigenvalue weighted by molar-refractivity contribution is -0.385. The summed E-state index contributed by atoms with van der Waals surface area (Å²) in [5, 5.41) is 10.9. The number of thioether (sulfide) groups is 1. The summed E-state index contributed by atoms with van der Waals surface area (Å²) in [6.45, 7) is 1.11. The molecule has 2 aromatic rings. The Bertz CT molecular complexity index is 859. The Morgan fingerprint density at radius 2 is 1.88 bits per heavy atom. The Kier molecular flexibility index (Phi) is 6.68. The second-order valence-electron chi connectivity index (χ2n) is 5.40. The summed E-state index contributed by atoms with van der Waals surface area (Å²) in [6, 6.07) is 11.8. The van der Waals surface area contributed by atoms with Crippen molar-refractivity contribution in [3.05, 3.63) is 75.3 Å². The molecule has 0 aromatic heterocycles. The van der Waals surface area contributed by atoms with Crippen LogP contribution < -0.4 is 0 Å².